The van der Waals surface area contributed by atoms with Gasteiger partial charge in [0.25, 0.3) is 0 Å². The zero-order valence-electron chi connectivity index (χ0n) is 30.9. The average Bonchev–Trinajstić information content (AvgIpc) is 3.01. The van der Waals surface area contributed by atoms with Crippen LogP contribution in [-0.4, -0.2) is 5.54 Å². The van der Waals surface area contributed by atoms with E-state index in [-0.39, 0.29) is 5.54 Å². The van der Waals surface area contributed by atoms with E-state index in [0.717, 1.165) is 0 Å². The Morgan fingerprint density at radius 1 is 0.233 bits per heavy atom. The predicted octanol–water partition coefficient (Wildman–Crippen LogP) is 15.6. The highest BCUT2D eigenvalue weighted by molar-refractivity contribution is 4.84. The van der Waals surface area contributed by atoms with E-state index >= 15 is 0 Å². The standard InChI is InChI=1S/C42H87N/c1-4-7-10-13-16-19-22-23-24-25-26-29-32-35-38-41-42(43,39-36-33-30-27-20-17-14-11-8-5-2)40-37-34-31-28-21-18-15-12-9-6-3/h4-41,43H2,1-3H3. The Morgan fingerprint density at radius 2 is 0.372 bits per heavy atom. The van der Waals surface area contributed by atoms with Crippen molar-refractivity contribution in [2.45, 2.75) is 270 Å². The summed E-state index contributed by atoms with van der Waals surface area (Å²) < 4.78 is 0. The molecule has 0 saturated heterocycles. The lowest BCUT2D eigenvalue weighted by Crippen LogP contribution is -2.39. The number of nitrogens with two attached hydrogens (primary N) is 1. The quantitative estimate of drug-likeness (QED) is 0.0696. The second-order valence-electron chi connectivity index (χ2n) is 14.9. The Hall–Kier alpha value is -0.0400. The first-order valence-electron chi connectivity index (χ1n) is 21.0. The van der Waals surface area contributed by atoms with Gasteiger partial charge in [-0.3, -0.25) is 0 Å². The van der Waals surface area contributed by atoms with E-state index in [1.807, 2.05) is 0 Å². The van der Waals surface area contributed by atoms with Crippen molar-refractivity contribution in [1.82, 2.24) is 0 Å². The maximum absolute atomic E-state index is 7.17. The van der Waals surface area contributed by atoms with E-state index in [0.29, 0.717) is 0 Å². The van der Waals surface area contributed by atoms with E-state index in [2.05, 4.69) is 20.8 Å². The Kier molecular flexibility index (Phi) is 36.4. The molecule has 0 bridgehead atoms. The summed E-state index contributed by atoms with van der Waals surface area (Å²) in [6.07, 6.45) is 54.0. The average molecular weight is 606 g/mol. The van der Waals surface area contributed by atoms with Gasteiger partial charge in [0.15, 0.2) is 0 Å². The fourth-order valence-corrected chi connectivity index (χ4v) is 7.15. The molecule has 0 spiro atoms. The molecule has 0 aliphatic heterocycles. The molecule has 0 aromatic carbocycles. The largest absolute Gasteiger partial charge is 0.325 e. The molecule has 0 fully saturated rings. The molecule has 0 atom stereocenters. The van der Waals surface area contributed by atoms with Crippen LogP contribution in [0.25, 0.3) is 0 Å². The van der Waals surface area contributed by atoms with Gasteiger partial charge in [-0.1, -0.05) is 245 Å². The monoisotopic (exact) mass is 606 g/mol. The minimum Gasteiger partial charge on any atom is -0.325 e. The van der Waals surface area contributed by atoms with Crippen LogP contribution in [0.2, 0.25) is 0 Å². The van der Waals surface area contributed by atoms with Crippen molar-refractivity contribution in [3.8, 4) is 0 Å². The van der Waals surface area contributed by atoms with Crippen LogP contribution in [0.5, 0.6) is 0 Å². The molecule has 260 valence electrons. The lowest BCUT2D eigenvalue weighted by molar-refractivity contribution is 0.302. The maximum Gasteiger partial charge on any atom is 0.0154 e. The van der Waals surface area contributed by atoms with Crippen LogP contribution in [0.3, 0.4) is 0 Å². The SMILES string of the molecule is CCCCCCCCCCCCCCCCCC(N)(CCCCCCCCCCCC)CCCCCCCCCCCC. The number of hydrogen-bond acceptors (Lipinski definition) is 1. The van der Waals surface area contributed by atoms with E-state index in [1.165, 1.54) is 244 Å². The molecule has 2 N–H and O–H groups in total. The van der Waals surface area contributed by atoms with Crippen molar-refractivity contribution in [1.29, 1.82) is 0 Å². The Bertz CT molecular complexity index is 461. The van der Waals surface area contributed by atoms with Crippen molar-refractivity contribution in [2.24, 2.45) is 5.73 Å². The first-order valence-corrected chi connectivity index (χ1v) is 21.0. The Morgan fingerprint density at radius 3 is 0.535 bits per heavy atom. The van der Waals surface area contributed by atoms with Gasteiger partial charge in [-0.2, -0.15) is 0 Å². The second kappa shape index (κ2) is 36.4. The molecule has 0 aliphatic rings. The van der Waals surface area contributed by atoms with Crippen LogP contribution in [0, 0.1) is 0 Å². The molecular formula is C42H87N. The smallest absolute Gasteiger partial charge is 0.0154 e. The minimum absolute atomic E-state index is 0.122. The lowest BCUT2D eigenvalue weighted by atomic mass is 9.82. The van der Waals surface area contributed by atoms with Crippen LogP contribution >= 0.6 is 0 Å². The Labute approximate surface area is 275 Å². The summed E-state index contributed by atoms with van der Waals surface area (Å²) in [6, 6.07) is 0. The van der Waals surface area contributed by atoms with Crippen molar-refractivity contribution >= 4 is 0 Å². The lowest BCUT2D eigenvalue weighted by Gasteiger charge is -2.30. The van der Waals surface area contributed by atoms with Gasteiger partial charge in [0.1, 0.15) is 0 Å². The summed E-state index contributed by atoms with van der Waals surface area (Å²) >= 11 is 0. The third-order valence-electron chi connectivity index (χ3n) is 10.3. The highest BCUT2D eigenvalue weighted by atomic mass is 14.7. The summed E-state index contributed by atoms with van der Waals surface area (Å²) in [4.78, 5) is 0. The molecule has 0 heterocycles. The molecule has 1 nitrogen and oxygen atoms in total. The molecule has 0 saturated carbocycles. The molecule has 43 heavy (non-hydrogen) atoms. The topological polar surface area (TPSA) is 26.0 Å². The van der Waals surface area contributed by atoms with Gasteiger partial charge in [0, 0.05) is 5.54 Å². The third kappa shape index (κ3) is 34.7. The first-order chi connectivity index (χ1) is 21.2. The van der Waals surface area contributed by atoms with Gasteiger partial charge in [-0.05, 0) is 19.3 Å². The summed E-state index contributed by atoms with van der Waals surface area (Å²) in [5, 5.41) is 0. The van der Waals surface area contributed by atoms with Gasteiger partial charge in [0.05, 0.1) is 0 Å². The van der Waals surface area contributed by atoms with Crippen LogP contribution in [0.4, 0.5) is 0 Å². The van der Waals surface area contributed by atoms with Crippen LogP contribution in [0.1, 0.15) is 265 Å². The van der Waals surface area contributed by atoms with Gasteiger partial charge in [0.2, 0.25) is 0 Å². The van der Waals surface area contributed by atoms with Gasteiger partial charge in [-0.15, -0.1) is 0 Å². The maximum atomic E-state index is 7.17. The molecule has 0 rings (SSSR count). The van der Waals surface area contributed by atoms with Crippen molar-refractivity contribution in [3.63, 3.8) is 0 Å². The number of rotatable bonds is 38. The normalized spacial score (nSPS) is 12.0. The summed E-state index contributed by atoms with van der Waals surface area (Å²) in [5.74, 6) is 0. The van der Waals surface area contributed by atoms with Crippen molar-refractivity contribution in [2.75, 3.05) is 0 Å². The van der Waals surface area contributed by atoms with E-state index in [4.69, 9.17) is 5.73 Å². The van der Waals surface area contributed by atoms with Crippen molar-refractivity contribution in [3.05, 3.63) is 0 Å². The first kappa shape index (κ1) is 43.0. The summed E-state index contributed by atoms with van der Waals surface area (Å²) in [7, 11) is 0. The molecular weight excluding hydrogens is 518 g/mol. The highest BCUT2D eigenvalue weighted by Crippen LogP contribution is 2.27. The van der Waals surface area contributed by atoms with E-state index in [1.54, 1.807) is 0 Å². The van der Waals surface area contributed by atoms with Crippen molar-refractivity contribution < 1.29 is 0 Å². The molecule has 0 amide bonds. The molecule has 1 heteroatoms. The fraction of sp³-hybridized carbons (Fsp3) is 1.00. The molecule has 0 aliphatic carbocycles. The predicted molar refractivity (Wildman–Crippen MR) is 199 cm³/mol. The van der Waals surface area contributed by atoms with Crippen LogP contribution < -0.4 is 5.73 Å². The third-order valence-corrected chi connectivity index (χ3v) is 10.3. The summed E-state index contributed by atoms with van der Waals surface area (Å²) in [5.41, 5.74) is 7.29. The number of hydrogen-bond donors (Lipinski definition) is 1. The molecule has 0 aromatic rings. The van der Waals surface area contributed by atoms with Gasteiger partial charge < -0.3 is 5.73 Å². The van der Waals surface area contributed by atoms with Crippen LogP contribution in [-0.2, 0) is 0 Å². The van der Waals surface area contributed by atoms with Gasteiger partial charge >= 0.3 is 0 Å². The summed E-state index contributed by atoms with van der Waals surface area (Å²) in [6.45, 7) is 6.94. The van der Waals surface area contributed by atoms with Gasteiger partial charge in [-0.25, -0.2) is 0 Å². The molecule has 0 radical (unpaired) electrons. The van der Waals surface area contributed by atoms with E-state index < -0.39 is 0 Å². The number of unbranched alkanes of at least 4 members (excludes halogenated alkanes) is 32. The molecule has 0 aromatic heterocycles. The van der Waals surface area contributed by atoms with Crippen LogP contribution in [0.15, 0.2) is 0 Å². The zero-order chi connectivity index (χ0) is 31.4. The van der Waals surface area contributed by atoms with E-state index in [9.17, 15) is 0 Å². The highest BCUT2D eigenvalue weighted by Gasteiger charge is 2.23. The Balaban J connectivity index is 4.01. The fourth-order valence-electron chi connectivity index (χ4n) is 7.15. The molecule has 0 unspecified atom stereocenters. The second-order valence-corrected chi connectivity index (χ2v) is 14.9. The minimum atomic E-state index is 0.122. The zero-order valence-corrected chi connectivity index (χ0v) is 30.9.